The Morgan fingerprint density at radius 2 is 2.31 bits per heavy atom. The summed E-state index contributed by atoms with van der Waals surface area (Å²) < 4.78 is 5.14. The van der Waals surface area contributed by atoms with Gasteiger partial charge in [0.1, 0.15) is 6.04 Å². The predicted molar refractivity (Wildman–Crippen MR) is 63.4 cm³/mol. The molecule has 1 aliphatic rings. The van der Waals surface area contributed by atoms with E-state index in [-0.39, 0.29) is 18.6 Å². The van der Waals surface area contributed by atoms with Gasteiger partial charge in [0.15, 0.2) is 6.73 Å². The summed E-state index contributed by atoms with van der Waals surface area (Å²) in [4.78, 5) is 13.5. The zero-order chi connectivity index (χ0) is 12.0. The van der Waals surface area contributed by atoms with Crippen molar-refractivity contribution in [3.63, 3.8) is 0 Å². The van der Waals surface area contributed by atoms with Crippen LogP contribution in [-0.4, -0.2) is 30.2 Å². The molecule has 4 nitrogen and oxygen atoms in total. The van der Waals surface area contributed by atoms with E-state index < -0.39 is 6.04 Å². The van der Waals surface area contributed by atoms with Gasteiger partial charge in [0.2, 0.25) is 0 Å². The zero-order valence-electron chi connectivity index (χ0n) is 9.93. The third kappa shape index (κ3) is 3.70. The number of rotatable bonds is 5. The molecule has 1 heterocycles. The summed E-state index contributed by atoms with van der Waals surface area (Å²) in [5.41, 5.74) is 5.76. The fourth-order valence-electron chi connectivity index (χ4n) is 1.33. The molecule has 0 fully saturated rings. The van der Waals surface area contributed by atoms with Gasteiger partial charge in [-0.15, -0.1) is 0 Å². The second-order valence-corrected chi connectivity index (χ2v) is 4.04. The molecule has 0 radical (unpaired) electrons. The Hall–Kier alpha value is -1.29. The van der Waals surface area contributed by atoms with Crippen molar-refractivity contribution < 1.29 is 9.53 Å². The highest BCUT2D eigenvalue weighted by Gasteiger charge is 2.21. The van der Waals surface area contributed by atoms with E-state index in [0.29, 0.717) is 0 Å². The molecule has 90 valence electrons. The molecule has 2 unspecified atom stereocenters. The minimum atomic E-state index is -0.519. The average molecular weight is 224 g/mol. The van der Waals surface area contributed by atoms with Crippen LogP contribution in [0.5, 0.6) is 0 Å². The number of carbonyl (C=O) groups is 1. The molecule has 2 N–H and O–H groups in total. The second-order valence-electron chi connectivity index (χ2n) is 4.04. The van der Waals surface area contributed by atoms with Crippen molar-refractivity contribution in [2.45, 2.75) is 26.3 Å². The molecule has 0 amide bonds. The van der Waals surface area contributed by atoms with Gasteiger partial charge in [-0.2, -0.15) is 0 Å². The SMILES string of the molecule is CCC(C)C(N)C(=O)OCN1C=CC=CC1. The summed E-state index contributed by atoms with van der Waals surface area (Å²) in [5.74, 6) is -0.165. The first kappa shape index (κ1) is 12.8. The van der Waals surface area contributed by atoms with E-state index in [1.807, 2.05) is 43.2 Å². The van der Waals surface area contributed by atoms with Gasteiger partial charge in [-0.1, -0.05) is 32.4 Å². The van der Waals surface area contributed by atoms with Gasteiger partial charge in [-0.05, 0) is 12.0 Å². The Bertz CT molecular complexity index is 287. The van der Waals surface area contributed by atoms with Crippen molar-refractivity contribution >= 4 is 5.97 Å². The van der Waals surface area contributed by atoms with Crippen molar-refractivity contribution in [2.75, 3.05) is 13.3 Å². The van der Waals surface area contributed by atoms with Crippen LogP contribution in [0, 0.1) is 5.92 Å². The van der Waals surface area contributed by atoms with Crippen molar-refractivity contribution in [1.29, 1.82) is 0 Å². The summed E-state index contributed by atoms with van der Waals surface area (Å²) >= 11 is 0. The minimum Gasteiger partial charge on any atom is -0.443 e. The number of hydrogen-bond acceptors (Lipinski definition) is 4. The first-order valence-corrected chi connectivity index (χ1v) is 5.64. The van der Waals surface area contributed by atoms with E-state index in [9.17, 15) is 4.79 Å². The molecule has 0 spiro atoms. The van der Waals surface area contributed by atoms with Crippen LogP contribution in [0.3, 0.4) is 0 Å². The molecular weight excluding hydrogens is 204 g/mol. The molecule has 16 heavy (non-hydrogen) atoms. The predicted octanol–water partition coefficient (Wildman–Crippen LogP) is 1.25. The maximum absolute atomic E-state index is 11.6. The molecule has 0 saturated carbocycles. The van der Waals surface area contributed by atoms with Crippen LogP contribution in [-0.2, 0) is 9.53 Å². The van der Waals surface area contributed by atoms with E-state index in [1.54, 1.807) is 0 Å². The lowest BCUT2D eigenvalue weighted by Crippen LogP contribution is -2.39. The van der Waals surface area contributed by atoms with Crippen LogP contribution in [0.2, 0.25) is 0 Å². The van der Waals surface area contributed by atoms with Crippen LogP contribution in [0.4, 0.5) is 0 Å². The number of ether oxygens (including phenoxy) is 1. The van der Waals surface area contributed by atoms with Crippen LogP contribution in [0.1, 0.15) is 20.3 Å². The van der Waals surface area contributed by atoms with E-state index in [2.05, 4.69) is 0 Å². The van der Waals surface area contributed by atoms with E-state index in [1.165, 1.54) is 0 Å². The Morgan fingerprint density at radius 1 is 1.56 bits per heavy atom. The standard InChI is InChI=1S/C12H20N2O2/c1-3-10(2)11(13)12(15)16-9-14-7-5-4-6-8-14/h4-7,10-11H,3,8-9,13H2,1-2H3. The summed E-state index contributed by atoms with van der Waals surface area (Å²) in [6, 6.07) is -0.519. The summed E-state index contributed by atoms with van der Waals surface area (Å²) in [7, 11) is 0. The van der Waals surface area contributed by atoms with Crippen LogP contribution in [0.15, 0.2) is 24.4 Å². The molecular formula is C12H20N2O2. The van der Waals surface area contributed by atoms with E-state index in [0.717, 1.165) is 13.0 Å². The Labute approximate surface area is 96.7 Å². The van der Waals surface area contributed by atoms with Crippen LogP contribution in [0.25, 0.3) is 0 Å². The number of hydrogen-bond donors (Lipinski definition) is 1. The highest BCUT2D eigenvalue weighted by Crippen LogP contribution is 2.07. The molecule has 1 rings (SSSR count). The normalized spacial score (nSPS) is 18.3. The minimum absolute atomic E-state index is 0.157. The molecule has 0 aromatic rings. The smallest absolute Gasteiger partial charge is 0.324 e. The van der Waals surface area contributed by atoms with E-state index >= 15 is 0 Å². The van der Waals surface area contributed by atoms with Gasteiger partial charge in [-0.25, -0.2) is 0 Å². The number of nitrogens with zero attached hydrogens (tertiary/aromatic N) is 1. The topological polar surface area (TPSA) is 55.6 Å². The Kier molecular flexibility index (Phi) is 5.05. The maximum Gasteiger partial charge on any atom is 0.324 e. The highest BCUT2D eigenvalue weighted by molar-refractivity contribution is 5.75. The van der Waals surface area contributed by atoms with E-state index in [4.69, 9.17) is 10.5 Å². The zero-order valence-corrected chi connectivity index (χ0v) is 9.93. The van der Waals surface area contributed by atoms with Gasteiger partial charge < -0.3 is 15.4 Å². The third-order valence-electron chi connectivity index (χ3n) is 2.79. The largest absolute Gasteiger partial charge is 0.443 e. The number of nitrogens with two attached hydrogens (primary N) is 1. The second kappa shape index (κ2) is 6.33. The van der Waals surface area contributed by atoms with Crippen LogP contribution >= 0.6 is 0 Å². The lowest BCUT2D eigenvalue weighted by Gasteiger charge is -2.22. The fourth-order valence-corrected chi connectivity index (χ4v) is 1.33. The quantitative estimate of drug-likeness (QED) is 0.714. The summed E-state index contributed by atoms with van der Waals surface area (Å²) in [5, 5.41) is 0. The molecule has 0 aromatic carbocycles. The summed E-state index contributed by atoms with van der Waals surface area (Å²) in [6.07, 6.45) is 8.64. The van der Waals surface area contributed by atoms with Gasteiger partial charge in [-0.3, -0.25) is 4.79 Å². The van der Waals surface area contributed by atoms with Gasteiger partial charge in [0.25, 0.3) is 0 Å². The van der Waals surface area contributed by atoms with Crippen molar-refractivity contribution in [2.24, 2.45) is 11.7 Å². The van der Waals surface area contributed by atoms with Gasteiger partial charge >= 0.3 is 5.97 Å². The van der Waals surface area contributed by atoms with Crippen molar-refractivity contribution in [3.8, 4) is 0 Å². The molecule has 4 heteroatoms. The number of allylic oxidation sites excluding steroid dienone is 2. The molecule has 0 saturated heterocycles. The number of carbonyl (C=O) groups excluding carboxylic acids is 1. The average Bonchev–Trinajstić information content (AvgIpc) is 2.35. The fraction of sp³-hybridized carbons (Fsp3) is 0.583. The lowest BCUT2D eigenvalue weighted by molar-refractivity contribution is -0.150. The maximum atomic E-state index is 11.6. The van der Waals surface area contributed by atoms with Crippen LogP contribution < -0.4 is 5.73 Å². The first-order valence-electron chi connectivity index (χ1n) is 5.64. The molecule has 0 aromatic heterocycles. The third-order valence-corrected chi connectivity index (χ3v) is 2.79. The highest BCUT2D eigenvalue weighted by atomic mass is 16.5. The molecule has 1 aliphatic heterocycles. The monoisotopic (exact) mass is 224 g/mol. The molecule has 0 aliphatic carbocycles. The van der Waals surface area contributed by atoms with Gasteiger partial charge in [0.05, 0.1) is 0 Å². The number of esters is 1. The molecule has 0 bridgehead atoms. The Balaban J connectivity index is 2.29. The van der Waals surface area contributed by atoms with Gasteiger partial charge in [0, 0.05) is 12.7 Å². The summed E-state index contributed by atoms with van der Waals surface area (Å²) in [6.45, 7) is 5.00. The first-order chi connectivity index (χ1) is 7.65. The lowest BCUT2D eigenvalue weighted by atomic mass is 10.0. The molecule has 2 atom stereocenters. The Morgan fingerprint density at radius 3 is 2.88 bits per heavy atom. The van der Waals surface area contributed by atoms with Crippen molar-refractivity contribution in [3.05, 3.63) is 24.4 Å². The van der Waals surface area contributed by atoms with Crippen molar-refractivity contribution in [1.82, 2.24) is 4.90 Å².